The Morgan fingerprint density at radius 2 is 1.62 bits per heavy atom. The molecule has 2 nitrogen and oxygen atoms in total. The molecule has 1 atom stereocenters. The maximum absolute atomic E-state index is 10.6. The van der Waals surface area contributed by atoms with Gasteiger partial charge in [0.25, 0.3) is 0 Å². The summed E-state index contributed by atoms with van der Waals surface area (Å²) in [7, 11) is 0. The molecule has 0 aliphatic heterocycles. The van der Waals surface area contributed by atoms with Gasteiger partial charge >= 0.3 is 51.4 Å². The second-order valence-corrected chi connectivity index (χ2v) is 4.11. The van der Waals surface area contributed by atoms with Crippen molar-refractivity contribution in [3.05, 3.63) is 27.2 Å². The molecule has 0 saturated heterocycles. The second-order valence-electron chi connectivity index (χ2n) is 1.95. The minimum atomic E-state index is -2.13. The second kappa shape index (κ2) is 6.43. The Bertz CT molecular complexity index is 350. The Kier molecular flexibility index (Phi) is 7.33. The zero-order chi connectivity index (χ0) is 9.30. The maximum Gasteiger partial charge on any atom is 1.00 e. The molecule has 0 bridgehead atoms. The van der Waals surface area contributed by atoms with E-state index in [2.05, 4.69) is 0 Å². The van der Waals surface area contributed by atoms with Crippen LogP contribution in [0.1, 0.15) is 1.43 Å². The fourth-order valence-corrected chi connectivity index (χ4v) is 1.89. The van der Waals surface area contributed by atoms with Crippen molar-refractivity contribution in [1.82, 2.24) is 0 Å². The molecule has 0 saturated carbocycles. The van der Waals surface area contributed by atoms with Crippen LogP contribution in [0.25, 0.3) is 0 Å². The van der Waals surface area contributed by atoms with Crippen molar-refractivity contribution in [3.63, 3.8) is 0 Å². The summed E-state index contributed by atoms with van der Waals surface area (Å²) in [6.45, 7) is 0. The van der Waals surface area contributed by atoms with E-state index in [1.165, 1.54) is 12.1 Å². The SMILES string of the molecule is O=S(O)c1cc(Cl)c(Cl)cc1Cl.[H-].[K+]. The monoisotopic (exact) mass is 284 g/mol. The Balaban J connectivity index is 0. The molecule has 0 heterocycles. The van der Waals surface area contributed by atoms with Crippen LogP contribution in [0.15, 0.2) is 17.0 Å². The summed E-state index contributed by atoms with van der Waals surface area (Å²) in [5.41, 5.74) is 0. The number of hydrogen-bond acceptors (Lipinski definition) is 1. The van der Waals surface area contributed by atoms with Crippen molar-refractivity contribution in [1.29, 1.82) is 0 Å². The number of rotatable bonds is 1. The molecule has 0 aliphatic rings. The van der Waals surface area contributed by atoms with Gasteiger partial charge in [0.2, 0.25) is 0 Å². The summed E-state index contributed by atoms with van der Waals surface area (Å²) in [4.78, 5) is 0.0612. The van der Waals surface area contributed by atoms with Crippen LogP contribution in [-0.2, 0) is 11.1 Å². The van der Waals surface area contributed by atoms with Gasteiger partial charge in [0.15, 0.2) is 11.1 Å². The van der Waals surface area contributed by atoms with E-state index in [-0.39, 0.29) is 72.8 Å². The first kappa shape index (κ1) is 14.8. The number of halogens is 3. The van der Waals surface area contributed by atoms with Gasteiger partial charge in [-0.1, -0.05) is 34.8 Å². The zero-order valence-electron chi connectivity index (χ0n) is 7.55. The van der Waals surface area contributed by atoms with Crippen LogP contribution in [0, 0.1) is 0 Å². The molecular weight excluding hydrogens is 282 g/mol. The van der Waals surface area contributed by atoms with Crippen LogP contribution >= 0.6 is 34.8 Å². The average molecular weight is 286 g/mol. The van der Waals surface area contributed by atoms with E-state index >= 15 is 0 Å². The number of hydrogen-bond donors (Lipinski definition) is 1. The van der Waals surface area contributed by atoms with Crippen molar-refractivity contribution >= 4 is 45.9 Å². The van der Waals surface area contributed by atoms with Gasteiger partial charge in [0.05, 0.1) is 20.0 Å². The molecule has 0 fully saturated rings. The van der Waals surface area contributed by atoms with Crippen LogP contribution < -0.4 is 51.4 Å². The molecule has 1 aromatic carbocycles. The summed E-state index contributed by atoms with van der Waals surface area (Å²) in [6, 6.07) is 2.59. The van der Waals surface area contributed by atoms with Crippen LogP contribution in [-0.4, -0.2) is 8.76 Å². The third-order valence-corrected chi connectivity index (χ3v) is 3.02. The third kappa shape index (κ3) is 4.07. The quantitative estimate of drug-likeness (QED) is 0.459. The zero-order valence-corrected chi connectivity index (χ0v) is 12.8. The third-order valence-electron chi connectivity index (χ3n) is 1.16. The van der Waals surface area contributed by atoms with Crippen molar-refractivity contribution < 1.29 is 61.6 Å². The van der Waals surface area contributed by atoms with Gasteiger partial charge in [-0.2, -0.15) is 0 Å². The van der Waals surface area contributed by atoms with Gasteiger partial charge in [-0.15, -0.1) is 0 Å². The van der Waals surface area contributed by atoms with E-state index < -0.39 is 11.1 Å². The molecular formula is C6H4Cl3KO2S. The molecule has 7 heteroatoms. The molecule has 1 N–H and O–H groups in total. The molecule has 0 aliphatic carbocycles. The fraction of sp³-hybridized carbons (Fsp3) is 0. The molecule has 1 aromatic rings. The fourth-order valence-electron chi connectivity index (χ4n) is 0.638. The molecule has 0 radical (unpaired) electrons. The van der Waals surface area contributed by atoms with E-state index in [1.807, 2.05) is 0 Å². The van der Waals surface area contributed by atoms with Gasteiger partial charge in [0.1, 0.15) is 0 Å². The Morgan fingerprint density at radius 3 is 2.08 bits per heavy atom. The van der Waals surface area contributed by atoms with Crippen LogP contribution in [0.3, 0.4) is 0 Å². The predicted molar refractivity (Wildman–Crippen MR) is 51.6 cm³/mol. The minimum Gasteiger partial charge on any atom is -1.00 e. The number of benzene rings is 1. The summed E-state index contributed by atoms with van der Waals surface area (Å²) in [6.07, 6.45) is 0. The molecule has 0 spiro atoms. The standard InChI is InChI=1S/C6H3Cl3O2S.K.H/c7-3-1-5(9)6(12(10)11)2-4(3)8;;/h1-2H,(H,10,11);;/q;+1;-1. The van der Waals surface area contributed by atoms with Crippen LogP contribution in [0.5, 0.6) is 0 Å². The molecule has 1 unspecified atom stereocenters. The van der Waals surface area contributed by atoms with Gasteiger partial charge in [-0.05, 0) is 12.1 Å². The molecule has 1 rings (SSSR count). The van der Waals surface area contributed by atoms with Gasteiger partial charge in [-0.3, -0.25) is 0 Å². The van der Waals surface area contributed by atoms with Gasteiger partial charge in [-0.25, -0.2) is 4.21 Å². The normalized spacial score (nSPS) is 12.0. The predicted octanol–water partition coefficient (Wildman–Crippen LogP) is 0.344. The van der Waals surface area contributed by atoms with Crippen molar-refractivity contribution in [2.24, 2.45) is 0 Å². The summed E-state index contributed by atoms with van der Waals surface area (Å²) in [5.74, 6) is 0. The van der Waals surface area contributed by atoms with E-state index in [4.69, 9.17) is 39.4 Å². The van der Waals surface area contributed by atoms with E-state index in [1.54, 1.807) is 0 Å². The first-order valence-electron chi connectivity index (χ1n) is 2.78. The minimum absolute atomic E-state index is 0. The van der Waals surface area contributed by atoms with Gasteiger partial charge < -0.3 is 5.98 Å². The van der Waals surface area contributed by atoms with E-state index in [0.29, 0.717) is 0 Å². The Morgan fingerprint density at radius 1 is 1.15 bits per heavy atom. The summed E-state index contributed by atoms with van der Waals surface area (Å²) < 4.78 is 19.3. The molecule has 13 heavy (non-hydrogen) atoms. The largest absolute Gasteiger partial charge is 1.00 e. The molecule has 0 aromatic heterocycles. The smallest absolute Gasteiger partial charge is 1.00 e. The Hall–Kier alpha value is 1.84. The molecule has 68 valence electrons. The summed E-state index contributed by atoms with van der Waals surface area (Å²) >= 11 is 14.7. The van der Waals surface area contributed by atoms with Crippen LogP contribution in [0.2, 0.25) is 15.1 Å². The van der Waals surface area contributed by atoms with Crippen molar-refractivity contribution in [3.8, 4) is 0 Å². The van der Waals surface area contributed by atoms with Crippen molar-refractivity contribution in [2.75, 3.05) is 0 Å². The van der Waals surface area contributed by atoms with Crippen molar-refractivity contribution in [2.45, 2.75) is 4.90 Å². The average Bonchev–Trinajstić information content (AvgIpc) is 1.96. The first-order chi connectivity index (χ1) is 5.52. The summed E-state index contributed by atoms with van der Waals surface area (Å²) in [5, 5.41) is 0.597. The topological polar surface area (TPSA) is 37.3 Å². The van der Waals surface area contributed by atoms with Gasteiger partial charge in [0, 0.05) is 0 Å². The van der Waals surface area contributed by atoms with E-state index in [9.17, 15) is 4.21 Å². The first-order valence-corrected chi connectivity index (χ1v) is 5.02. The van der Waals surface area contributed by atoms with E-state index in [0.717, 1.165) is 0 Å². The van der Waals surface area contributed by atoms with Crippen LogP contribution in [0.4, 0.5) is 0 Å². The molecule has 0 amide bonds. The Labute approximate surface area is 137 Å². The maximum atomic E-state index is 10.6.